The van der Waals surface area contributed by atoms with Gasteiger partial charge in [-0.05, 0) is 17.7 Å². The number of benzene rings is 1. The lowest BCUT2D eigenvalue weighted by Gasteiger charge is -2.14. The summed E-state index contributed by atoms with van der Waals surface area (Å²) in [5, 5.41) is 15.0. The molecule has 0 unspecified atom stereocenters. The molecule has 1 atom stereocenters. The minimum atomic E-state index is -1.39. The Bertz CT molecular complexity index is 745. The van der Waals surface area contributed by atoms with Gasteiger partial charge in [-0.25, -0.2) is 9.18 Å². The maximum absolute atomic E-state index is 13.2. The van der Waals surface area contributed by atoms with E-state index in [1.54, 1.807) is 0 Å². The highest BCUT2D eigenvalue weighted by atomic mass is 35.5. The van der Waals surface area contributed by atoms with Gasteiger partial charge in [-0.3, -0.25) is 4.79 Å². The highest BCUT2D eigenvalue weighted by Crippen LogP contribution is 2.22. The molecule has 0 bridgehead atoms. The van der Waals surface area contributed by atoms with Crippen LogP contribution in [0.5, 0.6) is 0 Å². The highest BCUT2D eigenvalue weighted by molar-refractivity contribution is 6.30. The van der Waals surface area contributed by atoms with Crippen molar-refractivity contribution in [3.63, 3.8) is 0 Å². The van der Waals surface area contributed by atoms with E-state index in [9.17, 15) is 19.1 Å². The lowest BCUT2D eigenvalue weighted by atomic mass is 10.1. The largest absolute Gasteiger partial charge is 0.479 e. The molecule has 6 nitrogen and oxygen atoms in total. The van der Waals surface area contributed by atoms with E-state index in [1.165, 1.54) is 12.1 Å². The van der Waals surface area contributed by atoms with Crippen LogP contribution in [0, 0.1) is 5.82 Å². The third kappa shape index (κ3) is 3.87. The molecule has 0 saturated heterocycles. The molecule has 2 aromatic rings. The number of aromatic nitrogens is 1. The zero-order valence-electron chi connectivity index (χ0n) is 12.3. The summed E-state index contributed by atoms with van der Waals surface area (Å²) >= 11 is 5.65. The predicted octanol–water partition coefficient (Wildman–Crippen LogP) is 3.15. The first kappa shape index (κ1) is 17.0. The Morgan fingerprint density at radius 1 is 1.35 bits per heavy atom. The summed E-state index contributed by atoms with van der Waals surface area (Å²) in [5.74, 6) is -2.16. The standard InChI is InChI=1S/C15H14ClFN2O4/c1-7(2)12-6-11(19-23-12)14(20)18-13(15(21)22)8-3-4-10(17)9(16)5-8/h3-7,13H,1-2H3,(H,18,20)(H,21,22)/t13-/m0/s1. The van der Waals surface area contributed by atoms with Crippen molar-refractivity contribution in [2.45, 2.75) is 25.8 Å². The van der Waals surface area contributed by atoms with Gasteiger partial charge in [0.2, 0.25) is 0 Å². The molecule has 2 N–H and O–H groups in total. The maximum Gasteiger partial charge on any atom is 0.330 e. The number of carbonyl (C=O) groups is 2. The van der Waals surface area contributed by atoms with Crippen LogP contribution in [0.15, 0.2) is 28.8 Å². The molecule has 1 amide bonds. The minimum Gasteiger partial charge on any atom is -0.479 e. The highest BCUT2D eigenvalue weighted by Gasteiger charge is 2.25. The van der Waals surface area contributed by atoms with Crippen molar-refractivity contribution in [2.24, 2.45) is 0 Å². The summed E-state index contributed by atoms with van der Waals surface area (Å²) in [7, 11) is 0. The number of carboxylic acids is 1. The minimum absolute atomic E-state index is 0.0341. The molecule has 2 rings (SSSR count). The predicted molar refractivity (Wildman–Crippen MR) is 79.8 cm³/mol. The normalized spacial score (nSPS) is 12.2. The van der Waals surface area contributed by atoms with Crippen LogP contribution in [0.1, 0.15) is 47.6 Å². The fourth-order valence-electron chi connectivity index (χ4n) is 1.85. The molecule has 0 aliphatic rings. The zero-order chi connectivity index (χ0) is 17.1. The molecule has 0 aliphatic carbocycles. The Kier molecular flexibility index (Phi) is 5.00. The van der Waals surface area contributed by atoms with Crippen molar-refractivity contribution >= 4 is 23.5 Å². The summed E-state index contributed by atoms with van der Waals surface area (Å²) < 4.78 is 18.2. The first-order valence-electron chi connectivity index (χ1n) is 6.74. The number of hydrogen-bond donors (Lipinski definition) is 2. The molecular formula is C15H14ClFN2O4. The average molecular weight is 341 g/mol. The zero-order valence-corrected chi connectivity index (χ0v) is 13.1. The number of halogens is 2. The number of aliphatic carboxylic acids is 1. The van der Waals surface area contributed by atoms with Gasteiger partial charge < -0.3 is 14.9 Å². The Labute approximate surface area is 136 Å². The van der Waals surface area contributed by atoms with Crippen molar-refractivity contribution in [2.75, 3.05) is 0 Å². The van der Waals surface area contributed by atoms with E-state index in [4.69, 9.17) is 16.1 Å². The van der Waals surface area contributed by atoms with Crippen LogP contribution >= 0.6 is 11.6 Å². The molecule has 0 saturated carbocycles. The van der Waals surface area contributed by atoms with Gasteiger partial charge in [0.25, 0.3) is 5.91 Å². The lowest BCUT2D eigenvalue weighted by Crippen LogP contribution is -2.34. The third-order valence-corrected chi connectivity index (χ3v) is 3.42. The van der Waals surface area contributed by atoms with E-state index in [1.807, 2.05) is 13.8 Å². The van der Waals surface area contributed by atoms with Crippen LogP contribution < -0.4 is 5.32 Å². The van der Waals surface area contributed by atoms with Crippen LogP contribution in [0.25, 0.3) is 0 Å². The van der Waals surface area contributed by atoms with Crippen LogP contribution in [0.4, 0.5) is 4.39 Å². The van der Waals surface area contributed by atoms with Gasteiger partial charge in [-0.2, -0.15) is 0 Å². The third-order valence-electron chi connectivity index (χ3n) is 3.13. The Balaban J connectivity index is 2.23. The molecule has 1 aromatic carbocycles. The number of hydrogen-bond acceptors (Lipinski definition) is 4. The van der Waals surface area contributed by atoms with Crippen molar-refractivity contribution in [1.29, 1.82) is 0 Å². The molecule has 0 spiro atoms. The molecule has 23 heavy (non-hydrogen) atoms. The second-order valence-corrected chi connectivity index (χ2v) is 5.59. The van der Waals surface area contributed by atoms with Crippen molar-refractivity contribution in [3.8, 4) is 0 Å². The van der Waals surface area contributed by atoms with E-state index in [-0.39, 0.29) is 22.2 Å². The summed E-state index contributed by atoms with van der Waals surface area (Å²) in [6.07, 6.45) is 0. The second kappa shape index (κ2) is 6.78. The van der Waals surface area contributed by atoms with E-state index >= 15 is 0 Å². The molecule has 1 heterocycles. The van der Waals surface area contributed by atoms with Gasteiger partial charge in [0.1, 0.15) is 11.6 Å². The molecule has 0 fully saturated rings. The maximum atomic E-state index is 13.2. The van der Waals surface area contributed by atoms with Crippen molar-refractivity contribution in [3.05, 3.63) is 52.1 Å². The topological polar surface area (TPSA) is 92.4 Å². The van der Waals surface area contributed by atoms with Gasteiger partial charge >= 0.3 is 5.97 Å². The fourth-order valence-corrected chi connectivity index (χ4v) is 2.04. The smallest absolute Gasteiger partial charge is 0.330 e. The fraction of sp³-hybridized carbons (Fsp3) is 0.267. The van der Waals surface area contributed by atoms with Crippen LogP contribution in [0.3, 0.4) is 0 Å². The van der Waals surface area contributed by atoms with E-state index in [0.29, 0.717) is 5.76 Å². The van der Waals surface area contributed by atoms with E-state index in [0.717, 1.165) is 12.1 Å². The summed E-state index contributed by atoms with van der Waals surface area (Å²) in [4.78, 5) is 23.5. The molecule has 8 heteroatoms. The average Bonchev–Trinajstić information content (AvgIpc) is 2.97. The molecule has 1 aromatic heterocycles. The van der Waals surface area contributed by atoms with Gasteiger partial charge in [0.05, 0.1) is 5.02 Å². The van der Waals surface area contributed by atoms with Gasteiger partial charge in [-0.15, -0.1) is 0 Å². The van der Waals surface area contributed by atoms with E-state index in [2.05, 4.69) is 10.5 Å². The Morgan fingerprint density at radius 2 is 2.04 bits per heavy atom. The number of carbonyl (C=O) groups excluding carboxylic acids is 1. The van der Waals surface area contributed by atoms with Crippen LogP contribution in [-0.2, 0) is 4.79 Å². The van der Waals surface area contributed by atoms with Gasteiger partial charge in [0, 0.05) is 12.0 Å². The van der Waals surface area contributed by atoms with E-state index < -0.39 is 23.7 Å². The number of rotatable bonds is 5. The first-order chi connectivity index (χ1) is 10.8. The van der Waals surface area contributed by atoms with Crippen LogP contribution in [0.2, 0.25) is 5.02 Å². The van der Waals surface area contributed by atoms with Crippen molar-refractivity contribution in [1.82, 2.24) is 10.5 Å². The molecule has 0 radical (unpaired) electrons. The quantitative estimate of drug-likeness (QED) is 0.872. The van der Waals surface area contributed by atoms with Crippen LogP contribution in [-0.4, -0.2) is 22.1 Å². The molecule has 122 valence electrons. The molecule has 0 aliphatic heterocycles. The molecular weight excluding hydrogens is 327 g/mol. The number of nitrogens with one attached hydrogen (secondary N) is 1. The van der Waals surface area contributed by atoms with Gasteiger partial charge in [-0.1, -0.05) is 36.7 Å². The second-order valence-electron chi connectivity index (χ2n) is 5.19. The van der Waals surface area contributed by atoms with Gasteiger partial charge in [0.15, 0.2) is 11.7 Å². The lowest BCUT2D eigenvalue weighted by molar-refractivity contribution is -0.139. The monoisotopic (exact) mass is 340 g/mol. The Morgan fingerprint density at radius 3 is 2.57 bits per heavy atom. The number of carboxylic acid groups (broad SMARTS) is 1. The summed E-state index contributed by atoms with van der Waals surface area (Å²) in [5.41, 5.74) is 0.109. The number of nitrogens with zero attached hydrogens (tertiary/aromatic N) is 1. The van der Waals surface area contributed by atoms with Crippen molar-refractivity contribution < 1.29 is 23.6 Å². The SMILES string of the molecule is CC(C)c1cc(C(=O)N[C@H](C(=O)O)c2ccc(F)c(Cl)c2)no1. The Hall–Kier alpha value is -2.41. The number of amides is 1. The first-order valence-corrected chi connectivity index (χ1v) is 7.12. The summed E-state index contributed by atoms with van der Waals surface area (Å²) in [6.45, 7) is 3.73. The summed E-state index contributed by atoms with van der Waals surface area (Å²) in [6, 6.07) is 3.48.